The second-order valence-corrected chi connectivity index (χ2v) is 4.93. The first-order chi connectivity index (χ1) is 8.09. The summed E-state index contributed by atoms with van der Waals surface area (Å²) in [4.78, 5) is 0.865. The van der Waals surface area contributed by atoms with Crippen LogP contribution in [0.15, 0.2) is 18.2 Å². The van der Waals surface area contributed by atoms with E-state index in [2.05, 4.69) is 9.59 Å². The molecule has 0 bridgehead atoms. The van der Waals surface area contributed by atoms with Gasteiger partial charge in [-0.3, -0.25) is 0 Å². The third-order valence-electron chi connectivity index (χ3n) is 2.51. The molecule has 0 amide bonds. The zero-order chi connectivity index (χ0) is 12.4. The second-order valence-electron chi connectivity index (χ2n) is 3.73. The maximum atomic E-state index is 13.6. The summed E-state index contributed by atoms with van der Waals surface area (Å²) in [6.07, 6.45) is 0.343. The largest absolute Gasteiger partial charge is 0.323 e. The van der Waals surface area contributed by atoms with E-state index < -0.39 is 0 Å². The molecule has 0 saturated heterocycles. The van der Waals surface area contributed by atoms with E-state index in [9.17, 15) is 4.39 Å². The molecule has 2 aromatic rings. The van der Waals surface area contributed by atoms with Gasteiger partial charge >= 0.3 is 0 Å². The Morgan fingerprint density at radius 1 is 1.53 bits per heavy atom. The van der Waals surface area contributed by atoms with Gasteiger partial charge in [0.25, 0.3) is 0 Å². The van der Waals surface area contributed by atoms with Crippen LogP contribution in [0.25, 0.3) is 0 Å². The fraction of sp³-hybridized carbons (Fsp3) is 0.273. The lowest BCUT2D eigenvalue weighted by atomic mass is 10.0. The summed E-state index contributed by atoms with van der Waals surface area (Å²) in [6.45, 7) is 1.83. The van der Waals surface area contributed by atoms with E-state index in [1.807, 2.05) is 6.92 Å². The molecular weight excluding hydrogens is 261 g/mol. The fourth-order valence-electron chi connectivity index (χ4n) is 1.62. The van der Waals surface area contributed by atoms with Crippen LogP contribution in [0.2, 0.25) is 5.02 Å². The molecule has 0 spiro atoms. The lowest BCUT2D eigenvalue weighted by molar-refractivity contribution is 0.594. The van der Waals surface area contributed by atoms with Crippen LogP contribution in [0.3, 0.4) is 0 Å². The Balaban J connectivity index is 2.25. The minimum absolute atomic E-state index is 0.329. The van der Waals surface area contributed by atoms with Crippen molar-refractivity contribution in [3.8, 4) is 0 Å². The lowest BCUT2D eigenvalue weighted by Crippen LogP contribution is -2.14. The predicted octanol–water partition coefficient (Wildman–Crippen LogP) is 2.88. The highest BCUT2D eigenvalue weighted by molar-refractivity contribution is 7.05. The zero-order valence-corrected chi connectivity index (χ0v) is 10.7. The number of benzene rings is 1. The second kappa shape index (κ2) is 5.08. The highest BCUT2D eigenvalue weighted by atomic mass is 35.5. The average Bonchev–Trinajstić information content (AvgIpc) is 2.70. The predicted molar refractivity (Wildman–Crippen MR) is 66.7 cm³/mol. The van der Waals surface area contributed by atoms with Crippen molar-refractivity contribution in [2.75, 3.05) is 0 Å². The van der Waals surface area contributed by atoms with E-state index in [1.54, 1.807) is 12.1 Å². The normalized spacial score (nSPS) is 12.7. The molecule has 0 aliphatic rings. The number of aryl methyl sites for hydroxylation is 1. The number of hydrogen-bond acceptors (Lipinski definition) is 4. The molecule has 2 rings (SSSR count). The van der Waals surface area contributed by atoms with Crippen molar-refractivity contribution in [2.24, 2.45) is 5.73 Å². The molecule has 90 valence electrons. The third kappa shape index (κ3) is 2.62. The summed E-state index contributed by atoms with van der Waals surface area (Å²) in [5.74, 6) is -0.330. The van der Waals surface area contributed by atoms with Gasteiger partial charge in [0.05, 0.1) is 10.6 Å². The maximum Gasteiger partial charge on any atom is 0.127 e. The Bertz CT molecular complexity index is 509. The van der Waals surface area contributed by atoms with Crippen molar-refractivity contribution < 1.29 is 4.39 Å². The Hall–Kier alpha value is -1.04. The molecule has 3 nitrogen and oxygen atoms in total. The number of halogens is 2. The van der Waals surface area contributed by atoms with Crippen molar-refractivity contribution in [3.63, 3.8) is 0 Å². The third-order valence-corrected chi connectivity index (χ3v) is 3.82. The number of rotatable bonds is 3. The molecule has 6 heteroatoms. The van der Waals surface area contributed by atoms with E-state index in [0.717, 1.165) is 10.6 Å². The molecule has 1 aromatic heterocycles. The number of nitrogens with zero attached hydrogens (tertiary/aromatic N) is 2. The highest BCUT2D eigenvalue weighted by Crippen LogP contribution is 2.26. The first-order valence-corrected chi connectivity index (χ1v) is 6.22. The first kappa shape index (κ1) is 12.4. The molecule has 0 radical (unpaired) electrons. The maximum absolute atomic E-state index is 13.6. The first-order valence-electron chi connectivity index (χ1n) is 5.07. The molecule has 0 aliphatic heterocycles. The van der Waals surface area contributed by atoms with Crippen LogP contribution in [-0.2, 0) is 6.42 Å². The monoisotopic (exact) mass is 271 g/mol. The van der Waals surface area contributed by atoms with Crippen LogP contribution in [0.5, 0.6) is 0 Å². The lowest BCUT2D eigenvalue weighted by Gasteiger charge is -2.11. The van der Waals surface area contributed by atoms with Crippen LogP contribution in [-0.4, -0.2) is 9.59 Å². The van der Waals surface area contributed by atoms with Crippen LogP contribution in [0.1, 0.15) is 22.2 Å². The topological polar surface area (TPSA) is 51.8 Å². The quantitative estimate of drug-likeness (QED) is 0.934. The molecule has 1 aromatic carbocycles. The standard InChI is InChI=1S/C11H11ClFN3S/c1-6-11(17-16-15-6)10(14)5-7-8(12)3-2-4-9(7)13/h2-4,10H,5,14H2,1H3. The van der Waals surface area contributed by atoms with Gasteiger partial charge in [0.1, 0.15) is 5.82 Å². The Morgan fingerprint density at radius 3 is 2.88 bits per heavy atom. The van der Waals surface area contributed by atoms with Crippen LogP contribution in [0.4, 0.5) is 4.39 Å². The summed E-state index contributed by atoms with van der Waals surface area (Å²) >= 11 is 7.19. The van der Waals surface area contributed by atoms with Gasteiger partial charge in [-0.05, 0) is 37.0 Å². The van der Waals surface area contributed by atoms with E-state index in [1.165, 1.54) is 17.6 Å². The van der Waals surface area contributed by atoms with Crippen LogP contribution < -0.4 is 5.73 Å². The van der Waals surface area contributed by atoms with Gasteiger partial charge in [0.15, 0.2) is 0 Å². The van der Waals surface area contributed by atoms with Crippen molar-refractivity contribution in [3.05, 3.63) is 45.2 Å². The fourth-order valence-corrected chi connectivity index (χ4v) is 2.50. The van der Waals surface area contributed by atoms with Gasteiger partial charge in [-0.25, -0.2) is 4.39 Å². The highest BCUT2D eigenvalue weighted by Gasteiger charge is 2.17. The van der Waals surface area contributed by atoms with Gasteiger partial charge in [-0.15, -0.1) is 5.10 Å². The summed E-state index contributed by atoms with van der Waals surface area (Å²) in [7, 11) is 0. The minimum atomic E-state index is -0.330. The summed E-state index contributed by atoms with van der Waals surface area (Å²) in [5, 5.41) is 4.28. The molecule has 1 heterocycles. The van der Waals surface area contributed by atoms with Crippen molar-refractivity contribution in [2.45, 2.75) is 19.4 Å². The molecular formula is C11H11ClFN3S. The van der Waals surface area contributed by atoms with E-state index in [-0.39, 0.29) is 11.9 Å². The zero-order valence-electron chi connectivity index (χ0n) is 9.15. The molecule has 0 saturated carbocycles. The average molecular weight is 272 g/mol. The molecule has 17 heavy (non-hydrogen) atoms. The van der Waals surface area contributed by atoms with E-state index in [4.69, 9.17) is 17.3 Å². The smallest absolute Gasteiger partial charge is 0.127 e. The Labute approximate surface area is 108 Å². The molecule has 0 fully saturated rings. The van der Waals surface area contributed by atoms with Gasteiger partial charge in [-0.2, -0.15) is 0 Å². The van der Waals surface area contributed by atoms with Gasteiger partial charge < -0.3 is 5.73 Å². The Kier molecular flexibility index (Phi) is 3.71. The SMILES string of the molecule is Cc1nnsc1C(N)Cc1c(F)cccc1Cl. The summed E-state index contributed by atoms with van der Waals surface area (Å²) < 4.78 is 17.4. The van der Waals surface area contributed by atoms with Gasteiger partial charge in [0, 0.05) is 16.6 Å². The van der Waals surface area contributed by atoms with Gasteiger partial charge in [-0.1, -0.05) is 22.2 Å². The molecule has 1 unspecified atom stereocenters. The van der Waals surface area contributed by atoms with Crippen LogP contribution in [0, 0.1) is 12.7 Å². The number of aromatic nitrogens is 2. The molecule has 2 N–H and O–H groups in total. The number of nitrogens with two attached hydrogens (primary N) is 1. The van der Waals surface area contributed by atoms with Crippen LogP contribution >= 0.6 is 23.1 Å². The minimum Gasteiger partial charge on any atom is -0.323 e. The molecule has 1 atom stereocenters. The van der Waals surface area contributed by atoms with Crippen molar-refractivity contribution in [1.29, 1.82) is 0 Å². The van der Waals surface area contributed by atoms with Gasteiger partial charge in [0.2, 0.25) is 0 Å². The Morgan fingerprint density at radius 2 is 2.29 bits per heavy atom. The van der Waals surface area contributed by atoms with E-state index >= 15 is 0 Å². The molecule has 0 aliphatic carbocycles. The van der Waals surface area contributed by atoms with E-state index in [0.29, 0.717) is 17.0 Å². The number of hydrogen-bond donors (Lipinski definition) is 1. The summed E-state index contributed by atoms with van der Waals surface area (Å²) in [5.41, 5.74) is 7.24. The van der Waals surface area contributed by atoms with Crippen molar-refractivity contribution in [1.82, 2.24) is 9.59 Å². The van der Waals surface area contributed by atoms with Crippen molar-refractivity contribution >= 4 is 23.1 Å². The summed E-state index contributed by atoms with van der Waals surface area (Å²) in [6, 6.07) is 4.28.